The number of piperazine rings is 1. The Hall–Kier alpha value is -2.47. The van der Waals surface area contributed by atoms with Crippen LogP contribution in [0, 0.1) is 5.92 Å². The maximum Gasteiger partial charge on any atom is 0.215 e. The summed E-state index contributed by atoms with van der Waals surface area (Å²) in [7, 11) is 0. The molecule has 0 spiro atoms. The Morgan fingerprint density at radius 3 is 2.74 bits per heavy atom. The van der Waals surface area contributed by atoms with Crippen LogP contribution in [0.2, 0.25) is 0 Å². The van der Waals surface area contributed by atoms with Crippen molar-refractivity contribution in [2.24, 2.45) is 5.92 Å². The fourth-order valence-electron chi connectivity index (χ4n) is 3.64. The van der Waals surface area contributed by atoms with Crippen LogP contribution in [-0.4, -0.2) is 40.9 Å². The van der Waals surface area contributed by atoms with Gasteiger partial charge in [-0.1, -0.05) is 26.8 Å². The minimum atomic E-state index is -0.254. The molecule has 143 valence electrons. The summed E-state index contributed by atoms with van der Waals surface area (Å²) < 4.78 is 0. The van der Waals surface area contributed by atoms with Crippen LogP contribution in [0.25, 0.3) is 0 Å². The number of pyridine rings is 2. The van der Waals surface area contributed by atoms with Crippen LogP contribution >= 0.6 is 0 Å². The number of aromatic nitrogens is 2. The molecule has 0 amide bonds. The number of hydrogen-bond acceptors (Lipinski definition) is 5. The summed E-state index contributed by atoms with van der Waals surface area (Å²) in [5.41, 5.74) is 8.51. The van der Waals surface area contributed by atoms with E-state index in [1.807, 2.05) is 12.1 Å². The molecule has 2 N–H and O–H groups in total. The lowest BCUT2D eigenvalue weighted by molar-refractivity contribution is 0.103. The number of carbonyl (C=O) groups excluding carboxylic acids is 1. The van der Waals surface area contributed by atoms with Crippen molar-refractivity contribution in [1.82, 2.24) is 21.0 Å². The van der Waals surface area contributed by atoms with Gasteiger partial charge in [-0.2, -0.15) is 0 Å². The molecule has 6 heteroatoms. The first-order valence-corrected chi connectivity index (χ1v) is 9.67. The minimum absolute atomic E-state index is 0.0140. The summed E-state index contributed by atoms with van der Waals surface area (Å²) in [6.07, 6.45) is 3.69. The lowest BCUT2D eigenvalue weighted by atomic mass is 9.99. The predicted molar refractivity (Wildman–Crippen MR) is 107 cm³/mol. The molecular formula is C21H28N5O. The summed E-state index contributed by atoms with van der Waals surface area (Å²) in [5, 5.41) is 3.74. The molecule has 1 radical (unpaired) electrons. The SMILES string of the molecule is CC[C@H]1CN(c2cccc(C(=O)c3cccnc3[NH])n2)C[C@H](CC(C)C)N1. The van der Waals surface area contributed by atoms with Crippen LogP contribution < -0.4 is 16.0 Å². The van der Waals surface area contributed by atoms with E-state index in [1.54, 1.807) is 18.2 Å². The molecule has 1 fully saturated rings. The first-order valence-electron chi connectivity index (χ1n) is 9.67. The Bertz CT molecular complexity index is 792. The molecule has 1 aliphatic heterocycles. The van der Waals surface area contributed by atoms with Crippen molar-refractivity contribution in [2.45, 2.75) is 45.7 Å². The first-order chi connectivity index (χ1) is 13.0. The van der Waals surface area contributed by atoms with Crippen molar-refractivity contribution < 1.29 is 4.79 Å². The number of nitrogens with zero attached hydrogens (tertiary/aromatic N) is 3. The summed E-state index contributed by atoms with van der Waals surface area (Å²) in [4.78, 5) is 23.6. The van der Waals surface area contributed by atoms with Gasteiger partial charge in [0.25, 0.3) is 0 Å². The summed E-state index contributed by atoms with van der Waals surface area (Å²) in [6.45, 7) is 8.44. The Morgan fingerprint density at radius 2 is 2.04 bits per heavy atom. The second-order valence-electron chi connectivity index (χ2n) is 7.61. The van der Waals surface area contributed by atoms with Gasteiger partial charge in [0.05, 0.1) is 5.56 Å². The van der Waals surface area contributed by atoms with Gasteiger partial charge in [0.2, 0.25) is 5.78 Å². The quantitative estimate of drug-likeness (QED) is 0.794. The Balaban J connectivity index is 1.83. The second kappa shape index (κ2) is 8.48. The molecule has 6 nitrogen and oxygen atoms in total. The van der Waals surface area contributed by atoms with Gasteiger partial charge in [0.1, 0.15) is 11.5 Å². The van der Waals surface area contributed by atoms with Gasteiger partial charge in [-0.15, -0.1) is 0 Å². The highest BCUT2D eigenvalue weighted by molar-refractivity contribution is 6.10. The summed E-state index contributed by atoms with van der Waals surface area (Å²) in [5.74, 6) is 1.18. The topological polar surface area (TPSA) is 81.9 Å². The van der Waals surface area contributed by atoms with Crippen molar-refractivity contribution in [1.29, 1.82) is 0 Å². The average molecular weight is 366 g/mol. The number of carbonyl (C=O) groups is 1. The smallest absolute Gasteiger partial charge is 0.215 e. The van der Waals surface area contributed by atoms with Gasteiger partial charge in [-0.05, 0) is 43.0 Å². The second-order valence-corrected chi connectivity index (χ2v) is 7.61. The molecule has 1 saturated heterocycles. The van der Waals surface area contributed by atoms with Crippen LogP contribution in [0.3, 0.4) is 0 Å². The van der Waals surface area contributed by atoms with E-state index in [2.05, 4.69) is 41.0 Å². The normalized spacial score (nSPS) is 20.1. The molecule has 3 rings (SSSR count). The standard InChI is InChI=1S/C21H28N5O/c1-4-15-12-26(13-16(24-15)11-14(2)3)19-9-5-8-18(25-19)20(27)17-7-6-10-23-21(17)22/h5-10,14-16,22,24H,4,11-13H2,1-3H3/t15-,16-/m0/s1. The van der Waals surface area contributed by atoms with E-state index in [0.29, 0.717) is 23.7 Å². The monoisotopic (exact) mass is 366 g/mol. The largest absolute Gasteiger partial charge is 0.353 e. The van der Waals surface area contributed by atoms with E-state index in [9.17, 15) is 4.79 Å². The van der Waals surface area contributed by atoms with Crippen molar-refractivity contribution in [3.8, 4) is 0 Å². The Morgan fingerprint density at radius 1 is 1.26 bits per heavy atom. The summed E-state index contributed by atoms with van der Waals surface area (Å²) >= 11 is 0. The number of nitrogens with one attached hydrogen (secondary N) is 2. The van der Waals surface area contributed by atoms with E-state index in [1.165, 1.54) is 6.20 Å². The van der Waals surface area contributed by atoms with Crippen molar-refractivity contribution in [3.05, 3.63) is 47.8 Å². The zero-order chi connectivity index (χ0) is 19.4. The molecule has 2 atom stereocenters. The van der Waals surface area contributed by atoms with Crippen LogP contribution in [0.15, 0.2) is 36.5 Å². The summed E-state index contributed by atoms with van der Waals surface area (Å²) in [6, 6.07) is 9.69. The van der Waals surface area contributed by atoms with Crippen molar-refractivity contribution in [3.63, 3.8) is 0 Å². The maximum absolute atomic E-state index is 12.8. The highest BCUT2D eigenvalue weighted by Gasteiger charge is 2.27. The molecule has 0 aliphatic carbocycles. The molecule has 0 saturated carbocycles. The fourth-order valence-corrected chi connectivity index (χ4v) is 3.64. The molecular weight excluding hydrogens is 338 g/mol. The third kappa shape index (κ3) is 4.63. The van der Waals surface area contributed by atoms with Crippen molar-refractivity contribution >= 4 is 17.4 Å². The van der Waals surface area contributed by atoms with Crippen LogP contribution in [0.1, 0.15) is 49.7 Å². The molecule has 0 unspecified atom stereocenters. The van der Waals surface area contributed by atoms with E-state index >= 15 is 0 Å². The van der Waals surface area contributed by atoms with Gasteiger partial charge in [0, 0.05) is 31.4 Å². The predicted octanol–water partition coefficient (Wildman–Crippen LogP) is 3.22. The van der Waals surface area contributed by atoms with Crippen LogP contribution in [0.4, 0.5) is 11.6 Å². The molecule has 0 bridgehead atoms. The fraction of sp³-hybridized carbons (Fsp3) is 0.476. The van der Waals surface area contributed by atoms with Gasteiger partial charge < -0.3 is 10.2 Å². The maximum atomic E-state index is 12.8. The number of hydrogen-bond donors (Lipinski definition) is 1. The molecule has 2 aromatic rings. The van der Waals surface area contributed by atoms with E-state index in [0.717, 1.165) is 31.7 Å². The molecule has 27 heavy (non-hydrogen) atoms. The third-order valence-corrected chi connectivity index (χ3v) is 4.95. The zero-order valence-electron chi connectivity index (χ0n) is 16.3. The molecule has 2 aromatic heterocycles. The van der Waals surface area contributed by atoms with Gasteiger partial charge in [-0.25, -0.2) is 9.97 Å². The van der Waals surface area contributed by atoms with Crippen LogP contribution in [-0.2, 0) is 0 Å². The number of anilines is 1. The molecule has 1 aliphatic rings. The lowest BCUT2D eigenvalue weighted by Crippen LogP contribution is -2.57. The van der Waals surface area contributed by atoms with Gasteiger partial charge in [-0.3, -0.25) is 10.5 Å². The number of rotatable bonds is 6. The Kier molecular flexibility index (Phi) is 6.06. The Labute approximate surface area is 161 Å². The molecule has 3 heterocycles. The highest BCUT2D eigenvalue weighted by atomic mass is 16.1. The lowest BCUT2D eigenvalue weighted by Gasteiger charge is -2.40. The number of ketones is 1. The van der Waals surface area contributed by atoms with E-state index < -0.39 is 0 Å². The highest BCUT2D eigenvalue weighted by Crippen LogP contribution is 2.21. The first kappa shape index (κ1) is 19.3. The molecule has 0 aromatic carbocycles. The van der Waals surface area contributed by atoms with Gasteiger partial charge in [0.15, 0.2) is 5.82 Å². The van der Waals surface area contributed by atoms with E-state index in [-0.39, 0.29) is 17.2 Å². The third-order valence-electron chi connectivity index (χ3n) is 4.95. The van der Waals surface area contributed by atoms with Gasteiger partial charge >= 0.3 is 0 Å². The minimum Gasteiger partial charge on any atom is -0.353 e. The van der Waals surface area contributed by atoms with Crippen LogP contribution in [0.5, 0.6) is 0 Å². The van der Waals surface area contributed by atoms with E-state index in [4.69, 9.17) is 5.73 Å². The average Bonchev–Trinajstić information content (AvgIpc) is 2.67. The van der Waals surface area contributed by atoms with Crippen molar-refractivity contribution in [2.75, 3.05) is 18.0 Å². The zero-order valence-corrected chi connectivity index (χ0v) is 16.3.